The van der Waals surface area contributed by atoms with Crippen molar-refractivity contribution in [3.63, 3.8) is 0 Å². The van der Waals surface area contributed by atoms with Gasteiger partial charge in [-0.2, -0.15) is 0 Å². The van der Waals surface area contributed by atoms with Gasteiger partial charge in [0.25, 0.3) is 0 Å². The molecule has 0 atom stereocenters. The molecule has 0 rings (SSSR count). The topological polar surface area (TPSA) is 71.5 Å². The van der Waals surface area contributed by atoms with Crippen molar-refractivity contribution in [1.29, 1.82) is 0 Å². The van der Waals surface area contributed by atoms with Crippen LogP contribution in [-0.4, -0.2) is 57.5 Å². The van der Waals surface area contributed by atoms with Crippen LogP contribution in [0.15, 0.2) is 0 Å². The Morgan fingerprint density at radius 3 is 1.48 bits per heavy atom. The Morgan fingerprint density at radius 1 is 0.952 bits per heavy atom. The molecule has 0 radical (unpaired) electrons. The number of rotatable bonds is 9. The molecule has 0 spiro atoms. The minimum atomic E-state index is -4.72. The molecular formula is C11H26F2NO4PS2. The van der Waals surface area contributed by atoms with Crippen molar-refractivity contribution in [1.82, 2.24) is 3.48 Å². The van der Waals surface area contributed by atoms with E-state index in [0.717, 1.165) is 0 Å². The molecule has 0 aromatic heterocycles. The van der Waals surface area contributed by atoms with E-state index < -0.39 is 38.8 Å². The van der Waals surface area contributed by atoms with Gasteiger partial charge in [-0.05, 0) is 0 Å². The van der Waals surface area contributed by atoms with Crippen molar-refractivity contribution in [2.75, 3.05) is 37.2 Å². The van der Waals surface area contributed by atoms with Crippen LogP contribution in [0, 0.1) is 5.92 Å². The summed E-state index contributed by atoms with van der Waals surface area (Å²) in [7, 11) is -9.44. The van der Waals surface area contributed by atoms with E-state index in [1.54, 1.807) is 20.5 Å². The van der Waals surface area contributed by atoms with E-state index in [-0.39, 0.29) is 21.7 Å². The number of sulfonamides is 2. The fourth-order valence-electron chi connectivity index (χ4n) is 2.86. The zero-order valence-corrected chi connectivity index (χ0v) is 15.7. The second-order valence-corrected chi connectivity index (χ2v) is 16.9. The molecule has 0 amide bonds. The Balaban J connectivity index is 6.62. The predicted molar refractivity (Wildman–Crippen MR) is 85.3 cm³/mol. The summed E-state index contributed by atoms with van der Waals surface area (Å²) in [5.41, 5.74) is 0. The molecule has 0 N–H and O–H groups in total. The summed E-state index contributed by atoms with van der Waals surface area (Å²) in [4.78, 5) is 0. The van der Waals surface area contributed by atoms with Gasteiger partial charge in [-0.15, -0.1) is 0 Å². The summed E-state index contributed by atoms with van der Waals surface area (Å²) in [6, 6.07) is -3.70. The van der Waals surface area contributed by atoms with Crippen LogP contribution in [0.25, 0.3) is 0 Å². The average Bonchev–Trinajstić information content (AvgIpc) is 2.37. The van der Waals surface area contributed by atoms with Crippen molar-refractivity contribution in [2.24, 2.45) is 5.92 Å². The van der Waals surface area contributed by atoms with Crippen LogP contribution in [0.4, 0.5) is 8.78 Å². The Kier molecular flexibility index (Phi) is 6.77. The van der Waals surface area contributed by atoms with E-state index in [4.69, 9.17) is 0 Å². The van der Waals surface area contributed by atoms with Crippen LogP contribution >= 0.6 is 6.75 Å². The second-order valence-electron chi connectivity index (χ2n) is 6.07. The quantitative estimate of drug-likeness (QED) is 0.586. The molecule has 21 heavy (non-hydrogen) atoms. The fourth-order valence-corrected chi connectivity index (χ4v) is 16.6. The normalized spacial score (nSPS) is 16.1. The van der Waals surface area contributed by atoms with Gasteiger partial charge in [-0.25, -0.2) is 0 Å². The average molecular weight is 369 g/mol. The number of alkyl halides is 2. The van der Waals surface area contributed by atoms with Crippen molar-refractivity contribution >= 4 is 26.8 Å². The zero-order chi connectivity index (χ0) is 17.1. The van der Waals surface area contributed by atoms with Crippen molar-refractivity contribution in [3.05, 3.63) is 0 Å². The zero-order valence-electron chi connectivity index (χ0n) is 13.2. The molecule has 0 aliphatic rings. The molecule has 0 aromatic carbocycles. The summed E-state index contributed by atoms with van der Waals surface area (Å²) in [5.74, 6) is -0.000288. The van der Waals surface area contributed by atoms with Crippen LogP contribution in [-0.2, 0) is 20.0 Å². The Labute approximate surface area is 127 Å². The first kappa shape index (κ1) is 21.1. The van der Waals surface area contributed by atoms with E-state index >= 15 is 0 Å². The number of hydrogen-bond donors (Lipinski definition) is 0. The summed E-state index contributed by atoms with van der Waals surface area (Å²) in [6.07, 6.45) is 0.800. The first-order valence-corrected chi connectivity index (χ1v) is 13.1. The van der Waals surface area contributed by atoms with Crippen LogP contribution in [0.2, 0.25) is 0 Å². The first-order valence-electron chi connectivity index (χ1n) is 6.72. The van der Waals surface area contributed by atoms with Gasteiger partial charge in [0.15, 0.2) is 0 Å². The second kappa shape index (κ2) is 6.72. The maximum absolute atomic E-state index is 13.0. The molecule has 0 bridgehead atoms. The number of hydrogen-bond acceptors (Lipinski definition) is 4. The van der Waals surface area contributed by atoms with Gasteiger partial charge >= 0.3 is 127 Å². The summed E-state index contributed by atoms with van der Waals surface area (Å²) < 4.78 is 74.6. The van der Waals surface area contributed by atoms with Crippen LogP contribution < -0.4 is 0 Å². The summed E-state index contributed by atoms with van der Waals surface area (Å²) >= 11 is 0. The van der Waals surface area contributed by atoms with Gasteiger partial charge in [0.2, 0.25) is 0 Å². The number of nitrogens with zero attached hydrogens (tertiary/aromatic N) is 1. The Hall–Kier alpha value is 0.150. The molecule has 0 saturated carbocycles. The standard InChI is InChI=1S/C11H26F2NO4PS2/c1-6-19(5,7-2,8-11(3)4)14(20(15,16)9-12)21(17,18)10-13/h11H,6-10H2,1-5H3. The van der Waals surface area contributed by atoms with Crippen LogP contribution in [0.1, 0.15) is 27.7 Å². The third-order valence-electron chi connectivity index (χ3n) is 3.96. The molecule has 0 aliphatic heterocycles. The Bertz CT molecular complexity index is 525. The molecule has 0 saturated heterocycles. The molecule has 0 aromatic rings. The van der Waals surface area contributed by atoms with Crippen LogP contribution in [0.3, 0.4) is 0 Å². The minimum absolute atomic E-state index is 0.000288. The van der Waals surface area contributed by atoms with E-state index in [0.29, 0.717) is 6.16 Å². The molecule has 130 valence electrons. The van der Waals surface area contributed by atoms with E-state index in [1.807, 2.05) is 13.8 Å². The van der Waals surface area contributed by atoms with Gasteiger partial charge in [0.1, 0.15) is 0 Å². The van der Waals surface area contributed by atoms with E-state index in [9.17, 15) is 25.6 Å². The van der Waals surface area contributed by atoms with E-state index in [1.165, 1.54) is 0 Å². The third-order valence-corrected chi connectivity index (χ3v) is 17.8. The molecule has 10 heteroatoms. The first-order chi connectivity index (χ1) is 9.33. The summed E-state index contributed by atoms with van der Waals surface area (Å²) in [6.45, 7) is 5.04. The molecule has 5 nitrogen and oxygen atoms in total. The predicted octanol–water partition coefficient (Wildman–Crippen LogP) is 2.60. The SMILES string of the molecule is CCP(C)(CC)(CC(C)C)N(S(=O)(=O)CF)S(=O)(=O)CF. The van der Waals surface area contributed by atoms with Crippen molar-refractivity contribution in [2.45, 2.75) is 27.7 Å². The van der Waals surface area contributed by atoms with Gasteiger partial charge in [0.05, 0.1) is 0 Å². The van der Waals surface area contributed by atoms with Gasteiger partial charge < -0.3 is 0 Å². The maximum atomic E-state index is 13.0. The molecule has 0 heterocycles. The molecule has 0 unspecified atom stereocenters. The summed E-state index contributed by atoms with van der Waals surface area (Å²) in [5, 5.41) is 0. The van der Waals surface area contributed by atoms with Crippen molar-refractivity contribution < 1.29 is 25.6 Å². The Morgan fingerprint density at radius 2 is 1.29 bits per heavy atom. The molecular weight excluding hydrogens is 343 g/mol. The van der Waals surface area contributed by atoms with E-state index in [2.05, 4.69) is 0 Å². The van der Waals surface area contributed by atoms with Crippen LogP contribution in [0.5, 0.6) is 0 Å². The van der Waals surface area contributed by atoms with Gasteiger partial charge in [-0.3, -0.25) is 0 Å². The molecule has 0 aliphatic carbocycles. The third kappa shape index (κ3) is 4.12. The molecule has 0 fully saturated rings. The van der Waals surface area contributed by atoms with Gasteiger partial charge in [-0.1, -0.05) is 0 Å². The monoisotopic (exact) mass is 369 g/mol. The number of halogens is 2. The van der Waals surface area contributed by atoms with Crippen molar-refractivity contribution in [3.8, 4) is 0 Å². The fraction of sp³-hybridized carbons (Fsp3) is 1.00. The van der Waals surface area contributed by atoms with Gasteiger partial charge in [0, 0.05) is 0 Å².